The maximum absolute atomic E-state index is 13.2. The van der Waals surface area contributed by atoms with Gasteiger partial charge in [0.2, 0.25) is 5.91 Å². The fourth-order valence-corrected chi connectivity index (χ4v) is 4.22. The minimum Gasteiger partial charge on any atom is -0.459 e. The molecule has 0 aliphatic carbocycles. The number of carbonyl (C=O) groups excluding carboxylic acids is 4. The molecule has 10 heteroatoms. The molecule has 2 aliphatic heterocycles. The van der Waals surface area contributed by atoms with Crippen molar-refractivity contribution in [2.24, 2.45) is 0 Å². The van der Waals surface area contributed by atoms with Crippen molar-refractivity contribution in [2.45, 2.75) is 18.9 Å². The monoisotopic (exact) mass is 458 g/mol. The van der Waals surface area contributed by atoms with Crippen molar-refractivity contribution in [3.8, 4) is 0 Å². The minimum absolute atomic E-state index is 0.230. The summed E-state index contributed by atoms with van der Waals surface area (Å²) < 4.78 is 5.14. The van der Waals surface area contributed by atoms with E-state index in [4.69, 9.17) is 16.0 Å². The molecule has 32 heavy (non-hydrogen) atoms. The van der Waals surface area contributed by atoms with E-state index in [1.165, 1.54) is 6.26 Å². The van der Waals surface area contributed by atoms with E-state index in [9.17, 15) is 19.2 Å². The second-order valence-electron chi connectivity index (χ2n) is 7.74. The lowest BCUT2D eigenvalue weighted by molar-refractivity contribution is -0.140. The number of rotatable bonds is 5. The summed E-state index contributed by atoms with van der Waals surface area (Å²) in [7, 11) is 0. The number of halogens is 1. The number of furan rings is 1. The molecule has 0 saturated carbocycles. The molecule has 1 atom stereocenters. The highest BCUT2D eigenvalue weighted by Gasteiger charge is 2.51. The van der Waals surface area contributed by atoms with Crippen LogP contribution in [-0.4, -0.2) is 71.2 Å². The Morgan fingerprint density at radius 3 is 2.31 bits per heavy atom. The quantitative estimate of drug-likeness (QED) is 0.691. The molecule has 2 saturated heterocycles. The molecule has 4 rings (SSSR count). The SMILES string of the molecule is CC[C@@]1(c2ccc(Cl)cc2)NC(=O)N(CC(=O)N2CCN(C(=O)c3ccco3)CC2)C1=O. The highest BCUT2D eigenvalue weighted by molar-refractivity contribution is 6.30. The van der Waals surface area contributed by atoms with Crippen molar-refractivity contribution < 1.29 is 23.6 Å². The van der Waals surface area contributed by atoms with Gasteiger partial charge in [-0.2, -0.15) is 0 Å². The van der Waals surface area contributed by atoms with Crippen molar-refractivity contribution in [1.82, 2.24) is 20.0 Å². The summed E-state index contributed by atoms with van der Waals surface area (Å²) in [6.45, 7) is 2.75. The highest BCUT2D eigenvalue weighted by Crippen LogP contribution is 2.33. The maximum atomic E-state index is 13.2. The Labute approximate surface area is 189 Å². The first kappa shape index (κ1) is 21.9. The van der Waals surface area contributed by atoms with Crippen LogP contribution in [0.5, 0.6) is 0 Å². The third-order valence-corrected chi connectivity index (χ3v) is 6.24. The van der Waals surface area contributed by atoms with Crippen molar-refractivity contribution >= 4 is 35.4 Å². The third kappa shape index (κ3) is 3.84. The van der Waals surface area contributed by atoms with E-state index in [0.717, 1.165) is 4.90 Å². The molecular weight excluding hydrogens is 436 g/mol. The van der Waals surface area contributed by atoms with Crippen molar-refractivity contribution in [2.75, 3.05) is 32.7 Å². The number of benzene rings is 1. The van der Waals surface area contributed by atoms with Crippen molar-refractivity contribution in [1.29, 1.82) is 0 Å². The fraction of sp³-hybridized carbons (Fsp3) is 0.364. The molecule has 1 aromatic heterocycles. The van der Waals surface area contributed by atoms with Crippen LogP contribution in [-0.2, 0) is 15.1 Å². The summed E-state index contributed by atoms with van der Waals surface area (Å²) in [5, 5.41) is 3.28. The first-order chi connectivity index (χ1) is 15.4. The van der Waals surface area contributed by atoms with Crippen LogP contribution in [0.3, 0.4) is 0 Å². The number of nitrogens with one attached hydrogen (secondary N) is 1. The van der Waals surface area contributed by atoms with E-state index < -0.39 is 17.5 Å². The molecule has 0 spiro atoms. The highest BCUT2D eigenvalue weighted by atomic mass is 35.5. The zero-order valence-corrected chi connectivity index (χ0v) is 18.3. The Balaban J connectivity index is 1.40. The van der Waals surface area contributed by atoms with E-state index in [1.807, 2.05) is 0 Å². The van der Waals surface area contributed by atoms with Crippen LogP contribution in [0.2, 0.25) is 5.02 Å². The first-order valence-electron chi connectivity index (χ1n) is 10.4. The lowest BCUT2D eigenvalue weighted by Crippen LogP contribution is -2.53. The lowest BCUT2D eigenvalue weighted by Gasteiger charge is -2.35. The summed E-state index contributed by atoms with van der Waals surface area (Å²) >= 11 is 5.95. The predicted molar refractivity (Wildman–Crippen MR) is 115 cm³/mol. The summed E-state index contributed by atoms with van der Waals surface area (Å²) in [4.78, 5) is 55.2. The summed E-state index contributed by atoms with van der Waals surface area (Å²) in [6.07, 6.45) is 1.77. The van der Waals surface area contributed by atoms with Crippen LogP contribution in [0.4, 0.5) is 4.79 Å². The molecule has 1 N–H and O–H groups in total. The van der Waals surface area contributed by atoms with Crippen molar-refractivity contribution in [3.05, 3.63) is 59.0 Å². The van der Waals surface area contributed by atoms with Gasteiger partial charge in [0.25, 0.3) is 11.8 Å². The molecule has 2 fully saturated rings. The number of urea groups is 1. The van der Waals surface area contributed by atoms with Gasteiger partial charge in [-0.15, -0.1) is 0 Å². The molecular formula is C22H23ClN4O5. The molecule has 5 amide bonds. The van der Waals surface area contributed by atoms with Crippen molar-refractivity contribution in [3.63, 3.8) is 0 Å². The Hall–Kier alpha value is -3.33. The zero-order valence-electron chi connectivity index (χ0n) is 17.5. The average molecular weight is 459 g/mol. The zero-order chi connectivity index (χ0) is 22.9. The molecule has 1 aromatic carbocycles. The topological polar surface area (TPSA) is 103 Å². The Morgan fingerprint density at radius 2 is 1.72 bits per heavy atom. The molecule has 3 heterocycles. The molecule has 0 bridgehead atoms. The number of amides is 5. The first-order valence-corrected chi connectivity index (χ1v) is 10.7. The fourth-order valence-electron chi connectivity index (χ4n) is 4.09. The predicted octanol–water partition coefficient (Wildman–Crippen LogP) is 2.07. The Kier molecular flexibility index (Phi) is 5.92. The lowest BCUT2D eigenvalue weighted by atomic mass is 9.87. The number of nitrogens with zero attached hydrogens (tertiary/aromatic N) is 3. The second-order valence-corrected chi connectivity index (χ2v) is 8.17. The van der Waals surface area contributed by atoms with Gasteiger partial charge in [-0.1, -0.05) is 30.7 Å². The summed E-state index contributed by atoms with van der Waals surface area (Å²) in [5.41, 5.74) is -0.612. The number of hydrogen-bond acceptors (Lipinski definition) is 5. The largest absolute Gasteiger partial charge is 0.459 e. The standard InChI is InChI=1S/C22H23ClN4O5/c1-2-22(15-5-7-16(23)8-6-15)20(30)27(21(31)24-22)14-18(28)25-9-11-26(12-10-25)19(29)17-4-3-13-32-17/h3-8,13H,2,9-12,14H2,1H3,(H,24,31)/t22-/m0/s1. The van der Waals surface area contributed by atoms with Gasteiger partial charge < -0.3 is 19.5 Å². The minimum atomic E-state index is -1.23. The van der Waals surface area contributed by atoms with Gasteiger partial charge in [0, 0.05) is 31.2 Å². The Bertz CT molecular complexity index is 1030. The number of imide groups is 1. The van der Waals surface area contributed by atoms with Crippen LogP contribution in [0, 0.1) is 0 Å². The van der Waals surface area contributed by atoms with Crippen LogP contribution < -0.4 is 5.32 Å². The van der Waals surface area contributed by atoms with Crippen LogP contribution >= 0.6 is 11.6 Å². The van der Waals surface area contributed by atoms with Crippen LogP contribution in [0.1, 0.15) is 29.5 Å². The molecule has 0 radical (unpaired) electrons. The van der Waals surface area contributed by atoms with Gasteiger partial charge in [0.1, 0.15) is 12.1 Å². The second kappa shape index (κ2) is 8.66. The van der Waals surface area contributed by atoms with E-state index in [1.54, 1.807) is 53.1 Å². The van der Waals surface area contributed by atoms with E-state index in [0.29, 0.717) is 43.2 Å². The molecule has 0 unspecified atom stereocenters. The van der Waals surface area contributed by atoms with E-state index in [-0.39, 0.29) is 24.1 Å². The number of piperazine rings is 1. The van der Waals surface area contributed by atoms with Gasteiger partial charge >= 0.3 is 6.03 Å². The molecule has 9 nitrogen and oxygen atoms in total. The van der Waals surface area contributed by atoms with E-state index >= 15 is 0 Å². The van der Waals surface area contributed by atoms with Gasteiger partial charge in [-0.25, -0.2) is 4.79 Å². The van der Waals surface area contributed by atoms with Gasteiger partial charge in [-0.05, 0) is 36.2 Å². The third-order valence-electron chi connectivity index (χ3n) is 5.99. The van der Waals surface area contributed by atoms with Crippen LogP contribution in [0.25, 0.3) is 0 Å². The van der Waals surface area contributed by atoms with E-state index in [2.05, 4.69) is 5.32 Å². The summed E-state index contributed by atoms with van der Waals surface area (Å²) in [5.74, 6) is -0.789. The van der Waals surface area contributed by atoms with Gasteiger partial charge in [0.15, 0.2) is 5.76 Å². The molecule has 2 aromatic rings. The molecule has 2 aliphatic rings. The number of carbonyl (C=O) groups is 4. The molecule has 168 valence electrons. The van der Waals surface area contributed by atoms with Gasteiger partial charge in [0.05, 0.1) is 6.26 Å². The smallest absolute Gasteiger partial charge is 0.325 e. The van der Waals surface area contributed by atoms with Gasteiger partial charge in [-0.3, -0.25) is 19.3 Å². The van der Waals surface area contributed by atoms with Crippen LogP contribution in [0.15, 0.2) is 47.1 Å². The Morgan fingerprint density at radius 1 is 1.06 bits per heavy atom. The number of hydrogen-bond donors (Lipinski definition) is 1. The maximum Gasteiger partial charge on any atom is 0.325 e. The average Bonchev–Trinajstić information content (AvgIpc) is 3.42. The summed E-state index contributed by atoms with van der Waals surface area (Å²) in [6, 6.07) is 9.35. The normalized spacial score (nSPS) is 21.1.